The van der Waals surface area contributed by atoms with Crippen molar-refractivity contribution < 1.29 is 9.59 Å². The maximum absolute atomic E-state index is 10.3. The average molecular weight is 206 g/mol. The van der Waals surface area contributed by atoms with E-state index in [4.69, 9.17) is 0 Å². The predicted octanol–water partition coefficient (Wildman–Crippen LogP) is 1.96. The molecule has 1 saturated heterocycles. The zero-order valence-corrected chi connectivity index (χ0v) is 9.56. The zero-order valence-electron chi connectivity index (χ0n) is 9.56. The van der Waals surface area contributed by atoms with E-state index in [1.807, 2.05) is 30.3 Å². The first-order chi connectivity index (χ1) is 7.11. The quantitative estimate of drug-likeness (QED) is 0.733. The molecule has 1 fully saturated rings. The number of aliphatic hydroxyl groups is 1. The fraction of sp³-hybridized carbons (Fsp3) is 0.538. The first kappa shape index (κ1) is 10.7. The first-order valence-corrected chi connectivity index (χ1v) is 5.67. The molecule has 0 radical (unpaired) electrons. The van der Waals surface area contributed by atoms with Crippen LogP contribution in [0.5, 0.6) is 0 Å². The third-order valence-electron chi connectivity index (χ3n) is 3.64. The van der Waals surface area contributed by atoms with Gasteiger partial charge in [-0.25, -0.2) is 0 Å². The Kier molecular flexibility index (Phi) is 2.81. The van der Waals surface area contributed by atoms with E-state index < -0.39 is 0 Å². The number of aliphatic hydroxyl groups excluding tert-OH is 1. The van der Waals surface area contributed by atoms with Crippen LogP contribution < -0.4 is 0 Å². The summed E-state index contributed by atoms with van der Waals surface area (Å²) in [6.07, 6.45) is 2.04. The number of quaternary nitrogens is 1. The van der Waals surface area contributed by atoms with Crippen LogP contribution in [0.3, 0.4) is 0 Å². The van der Waals surface area contributed by atoms with Gasteiger partial charge in [-0.05, 0) is 5.56 Å². The van der Waals surface area contributed by atoms with Gasteiger partial charge in [0.2, 0.25) is 0 Å². The standard InChI is InChI=1S/C13H20NO/c1-14(2)10-6-9-12(14)13(15)11-7-4-3-5-8-11/h3-5,7-8,12-13,15H,6,9-10H2,1-2H3/q+1. The van der Waals surface area contributed by atoms with Crippen LogP contribution in [0.4, 0.5) is 0 Å². The molecule has 0 bridgehead atoms. The molecule has 1 aromatic rings. The highest BCUT2D eigenvalue weighted by Crippen LogP contribution is 2.32. The van der Waals surface area contributed by atoms with Crippen LogP contribution in [-0.4, -0.2) is 36.3 Å². The summed E-state index contributed by atoms with van der Waals surface area (Å²) in [5.41, 5.74) is 1.05. The summed E-state index contributed by atoms with van der Waals surface area (Å²) in [6, 6.07) is 10.4. The van der Waals surface area contributed by atoms with E-state index in [9.17, 15) is 5.11 Å². The van der Waals surface area contributed by atoms with Crippen molar-refractivity contribution in [2.75, 3.05) is 20.6 Å². The van der Waals surface area contributed by atoms with E-state index in [-0.39, 0.29) is 6.10 Å². The van der Waals surface area contributed by atoms with Crippen LogP contribution in [0.25, 0.3) is 0 Å². The summed E-state index contributed by atoms with van der Waals surface area (Å²) in [5.74, 6) is 0. The normalized spacial score (nSPS) is 26.5. The molecule has 2 atom stereocenters. The lowest BCUT2D eigenvalue weighted by Gasteiger charge is -2.34. The fourth-order valence-electron chi connectivity index (χ4n) is 2.64. The molecule has 0 spiro atoms. The van der Waals surface area contributed by atoms with Crippen molar-refractivity contribution in [2.24, 2.45) is 0 Å². The number of nitrogens with zero attached hydrogens (tertiary/aromatic N) is 1. The maximum Gasteiger partial charge on any atom is 0.131 e. The second kappa shape index (κ2) is 3.95. The molecule has 1 N–H and O–H groups in total. The van der Waals surface area contributed by atoms with Crippen LogP contribution >= 0.6 is 0 Å². The van der Waals surface area contributed by atoms with Gasteiger partial charge < -0.3 is 9.59 Å². The lowest BCUT2D eigenvalue weighted by atomic mass is 10.00. The summed E-state index contributed by atoms with van der Waals surface area (Å²) in [7, 11) is 4.42. The largest absolute Gasteiger partial charge is 0.382 e. The monoisotopic (exact) mass is 206 g/mol. The zero-order chi connectivity index (χ0) is 10.9. The summed E-state index contributed by atoms with van der Waals surface area (Å²) >= 11 is 0. The van der Waals surface area contributed by atoms with Gasteiger partial charge in [0.1, 0.15) is 12.1 Å². The Bertz CT molecular complexity index is 321. The molecule has 1 aliphatic rings. The third-order valence-corrected chi connectivity index (χ3v) is 3.64. The minimum Gasteiger partial charge on any atom is -0.382 e. The molecule has 1 aromatic carbocycles. The van der Waals surface area contributed by atoms with Gasteiger partial charge in [-0.1, -0.05) is 30.3 Å². The van der Waals surface area contributed by atoms with Crippen molar-refractivity contribution in [3.05, 3.63) is 35.9 Å². The minimum atomic E-state index is -0.316. The van der Waals surface area contributed by atoms with Gasteiger partial charge in [-0.3, -0.25) is 0 Å². The lowest BCUT2D eigenvalue weighted by molar-refractivity contribution is -0.906. The molecule has 15 heavy (non-hydrogen) atoms. The van der Waals surface area contributed by atoms with Gasteiger partial charge in [0.05, 0.1) is 20.6 Å². The molecule has 0 saturated carbocycles. The number of hydrogen-bond donors (Lipinski definition) is 1. The van der Waals surface area contributed by atoms with Gasteiger partial charge >= 0.3 is 0 Å². The lowest BCUT2D eigenvalue weighted by Crippen LogP contribution is -2.47. The van der Waals surface area contributed by atoms with Crippen LogP contribution in [0.1, 0.15) is 24.5 Å². The molecule has 1 aliphatic heterocycles. The Balaban J connectivity index is 2.18. The molecule has 2 heteroatoms. The highest BCUT2D eigenvalue weighted by molar-refractivity contribution is 5.18. The summed E-state index contributed by atoms with van der Waals surface area (Å²) in [4.78, 5) is 0. The topological polar surface area (TPSA) is 20.2 Å². The van der Waals surface area contributed by atoms with E-state index in [1.165, 1.54) is 13.0 Å². The second-order valence-electron chi connectivity index (χ2n) is 5.07. The Morgan fingerprint density at radius 3 is 2.47 bits per heavy atom. The number of likely N-dealkylation sites (N-methyl/N-ethyl adjacent to an activating group) is 1. The van der Waals surface area contributed by atoms with Crippen LogP contribution in [0.2, 0.25) is 0 Å². The SMILES string of the molecule is C[N+]1(C)CCCC1C(O)c1ccccc1. The molecule has 0 aromatic heterocycles. The van der Waals surface area contributed by atoms with Gasteiger partial charge in [-0.15, -0.1) is 0 Å². The number of rotatable bonds is 2. The van der Waals surface area contributed by atoms with Crippen LogP contribution in [0, 0.1) is 0 Å². The Morgan fingerprint density at radius 2 is 1.93 bits per heavy atom. The number of likely N-dealkylation sites (tertiary alicyclic amines) is 1. The van der Waals surface area contributed by atoms with E-state index in [2.05, 4.69) is 14.1 Å². The Morgan fingerprint density at radius 1 is 1.27 bits per heavy atom. The molecular weight excluding hydrogens is 186 g/mol. The van der Waals surface area contributed by atoms with Gasteiger partial charge in [0, 0.05) is 12.8 Å². The van der Waals surface area contributed by atoms with Gasteiger partial charge in [-0.2, -0.15) is 0 Å². The van der Waals surface area contributed by atoms with E-state index in [0.29, 0.717) is 6.04 Å². The average Bonchev–Trinajstić information content (AvgIpc) is 2.58. The second-order valence-corrected chi connectivity index (χ2v) is 5.07. The van der Waals surface area contributed by atoms with Crippen LogP contribution in [0.15, 0.2) is 30.3 Å². The summed E-state index contributed by atoms with van der Waals surface area (Å²) < 4.78 is 0.941. The minimum absolute atomic E-state index is 0.316. The molecule has 2 rings (SSSR count). The van der Waals surface area contributed by atoms with Crippen LogP contribution in [-0.2, 0) is 0 Å². The van der Waals surface area contributed by atoms with E-state index in [0.717, 1.165) is 16.5 Å². The molecule has 2 unspecified atom stereocenters. The van der Waals surface area contributed by atoms with Crippen molar-refractivity contribution in [3.63, 3.8) is 0 Å². The smallest absolute Gasteiger partial charge is 0.131 e. The van der Waals surface area contributed by atoms with Crippen molar-refractivity contribution >= 4 is 0 Å². The van der Waals surface area contributed by atoms with Crippen molar-refractivity contribution in [3.8, 4) is 0 Å². The predicted molar refractivity (Wildman–Crippen MR) is 61.4 cm³/mol. The van der Waals surface area contributed by atoms with E-state index >= 15 is 0 Å². The molecule has 0 aliphatic carbocycles. The van der Waals surface area contributed by atoms with Crippen molar-refractivity contribution in [1.29, 1.82) is 0 Å². The highest BCUT2D eigenvalue weighted by Gasteiger charge is 2.39. The van der Waals surface area contributed by atoms with Crippen molar-refractivity contribution in [2.45, 2.75) is 25.0 Å². The molecular formula is C13H20NO+. The molecule has 0 amide bonds. The molecule has 1 heterocycles. The Labute approximate surface area is 91.7 Å². The highest BCUT2D eigenvalue weighted by atomic mass is 16.3. The third kappa shape index (κ3) is 2.06. The number of hydrogen-bond acceptors (Lipinski definition) is 1. The molecule has 82 valence electrons. The Hall–Kier alpha value is -0.860. The fourth-order valence-corrected chi connectivity index (χ4v) is 2.64. The van der Waals surface area contributed by atoms with Gasteiger partial charge in [0.25, 0.3) is 0 Å². The van der Waals surface area contributed by atoms with Gasteiger partial charge in [0.15, 0.2) is 0 Å². The number of benzene rings is 1. The first-order valence-electron chi connectivity index (χ1n) is 5.67. The summed E-state index contributed by atoms with van der Waals surface area (Å²) in [5, 5.41) is 10.3. The summed E-state index contributed by atoms with van der Waals surface area (Å²) in [6.45, 7) is 1.18. The van der Waals surface area contributed by atoms with Crippen molar-refractivity contribution in [1.82, 2.24) is 0 Å². The maximum atomic E-state index is 10.3. The van der Waals surface area contributed by atoms with E-state index in [1.54, 1.807) is 0 Å². The molecule has 2 nitrogen and oxygen atoms in total.